The second-order valence-electron chi connectivity index (χ2n) is 5.10. The molecule has 0 saturated heterocycles. The van der Waals surface area contributed by atoms with Crippen molar-refractivity contribution in [3.63, 3.8) is 0 Å². The third-order valence-corrected chi connectivity index (χ3v) is 4.83. The van der Waals surface area contributed by atoms with E-state index in [9.17, 15) is 18.5 Å². The average molecular weight is 350 g/mol. The molecular formula is C15H14N2O6S. The van der Waals surface area contributed by atoms with Gasteiger partial charge in [-0.25, -0.2) is 13.1 Å². The van der Waals surface area contributed by atoms with Crippen LogP contribution in [0.3, 0.4) is 0 Å². The van der Waals surface area contributed by atoms with Crippen molar-refractivity contribution in [1.29, 1.82) is 0 Å². The van der Waals surface area contributed by atoms with E-state index in [1.807, 2.05) is 6.07 Å². The lowest BCUT2D eigenvalue weighted by atomic mass is 10.2. The van der Waals surface area contributed by atoms with Crippen molar-refractivity contribution in [2.45, 2.75) is 11.0 Å². The topological polar surface area (TPSA) is 108 Å². The number of non-ortho nitro benzene ring substituents is 1. The first kappa shape index (κ1) is 16.2. The molecule has 0 bridgehead atoms. The summed E-state index contributed by atoms with van der Waals surface area (Å²) in [6, 6.07) is 12.0. The number of fused-ring (bicyclic) bond motifs is 1. The van der Waals surface area contributed by atoms with E-state index in [1.165, 1.54) is 18.2 Å². The first-order valence-electron chi connectivity index (χ1n) is 7.08. The van der Waals surface area contributed by atoms with Crippen LogP contribution in [0.1, 0.15) is 0 Å². The normalized spacial score (nSPS) is 16.6. The molecule has 0 amide bonds. The van der Waals surface area contributed by atoms with Gasteiger partial charge in [-0.2, -0.15) is 0 Å². The Kier molecular flexibility index (Phi) is 4.36. The van der Waals surface area contributed by atoms with Gasteiger partial charge in [-0.15, -0.1) is 0 Å². The van der Waals surface area contributed by atoms with Crippen LogP contribution in [0.4, 0.5) is 5.69 Å². The number of nitrogens with one attached hydrogen (secondary N) is 1. The van der Waals surface area contributed by atoms with Gasteiger partial charge in [0.15, 0.2) is 11.5 Å². The minimum absolute atomic E-state index is 0.0145. The lowest BCUT2D eigenvalue weighted by Crippen LogP contribution is -2.40. The second kappa shape index (κ2) is 6.46. The SMILES string of the molecule is O=[N+]([O-])c1cccc(S(=O)(=O)NCC2COc3ccccc3O2)c1. The van der Waals surface area contributed by atoms with Crippen molar-refractivity contribution < 1.29 is 22.8 Å². The molecule has 1 atom stereocenters. The van der Waals surface area contributed by atoms with Crippen LogP contribution < -0.4 is 14.2 Å². The summed E-state index contributed by atoms with van der Waals surface area (Å²) in [5.41, 5.74) is -0.288. The molecule has 1 aliphatic heterocycles. The predicted molar refractivity (Wildman–Crippen MR) is 84.6 cm³/mol. The number of sulfonamides is 1. The molecule has 0 saturated carbocycles. The Hall–Kier alpha value is -2.65. The molecule has 9 heteroatoms. The molecule has 0 aliphatic carbocycles. The highest BCUT2D eigenvalue weighted by Gasteiger charge is 2.24. The van der Waals surface area contributed by atoms with Gasteiger partial charge in [0.25, 0.3) is 5.69 Å². The molecule has 0 fully saturated rings. The molecule has 2 aromatic carbocycles. The van der Waals surface area contributed by atoms with Gasteiger partial charge in [-0.3, -0.25) is 10.1 Å². The van der Waals surface area contributed by atoms with Crippen LogP contribution in [0.2, 0.25) is 0 Å². The number of nitro benzene ring substituents is 1. The van der Waals surface area contributed by atoms with Crippen molar-refractivity contribution in [3.8, 4) is 11.5 Å². The van der Waals surface area contributed by atoms with Crippen molar-refractivity contribution in [2.24, 2.45) is 0 Å². The van der Waals surface area contributed by atoms with Crippen molar-refractivity contribution in [2.75, 3.05) is 13.2 Å². The Morgan fingerprint density at radius 3 is 2.67 bits per heavy atom. The van der Waals surface area contributed by atoms with Gasteiger partial charge in [-0.05, 0) is 18.2 Å². The van der Waals surface area contributed by atoms with E-state index < -0.39 is 21.1 Å². The zero-order valence-corrected chi connectivity index (χ0v) is 13.2. The molecular weight excluding hydrogens is 336 g/mol. The van der Waals surface area contributed by atoms with Crippen LogP contribution in [0.15, 0.2) is 53.4 Å². The van der Waals surface area contributed by atoms with E-state index in [1.54, 1.807) is 18.2 Å². The van der Waals surface area contributed by atoms with Crippen LogP contribution in [0.5, 0.6) is 11.5 Å². The number of hydrogen-bond acceptors (Lipinski definition) is 6. The summed E-state index contributed by atoms with van der Waals surface area (Å²) in [5.74, 6) is 1.15. The van der Waals surface area contributed by atoms with Gasteiger partial charge in [-0.1, -0.05) is 18.2 Å². The highest BCUT2D eigenvalue weighted by Crippen LogP contribution is 2.30. The largest absolute Gasteiger partial charge is 0.486 e. The summed E-state index contributed by atoms with van der Waals surface area (Å²) in [4.78, 5) is 9.94. The molecule has 0 spiro atoms. The molecule has 126 valence electrons. The lowest BCUT2D eigenvalue weighted by Gasteiger charge is -2.26. The van der Waals surface area contributed by atoms with Crippen LogP contribution >= 0.6 is 0 Å². The summed E-state index contributed by atoms with van der Waals surface area (Å²) < 4.78 is 38.1. The average Bonchev–Trinajstić information content (AvgIpc) is 2.60. The minimum Gasteiger partial charge on any atom is -0.486 e. The lowest BCUT2D eigenvalue weighted by molar-refractivity contribution is -0.385. The van der Waals surface area contributed by atoms with Gasteiger partial charge >= 0.3 is 0 Å². The highest BCUT2D eigenvalue weighted by atomic mass is 32.2. The van der Waals surface area contributed by atoms with E-state index in [-0.39, 0.29) is 23.7 Å². The number of nitrogens with zero attached hydrogens (tertiary/aromatic N) is 1. The van der Waals surface area contributed by atoms with Gasteiger partial charge in [0.2, 0.25) is 10.0 Å². The van der Waals surface area contributed by atoms with Gasteiger partial charge in [0, 0.05) is 12.1 Å². The number of ether oxygens (including phenoxy) is 2. The van der Waals surface area contributed by atoms with Gasteiger partial charge in [0.1, 0.15) is 12.7 Å². The Bertz CT molecular complexity index is 868. The molecule has 24 heavy (non-hydrogen) atoms. The zero-order valence-electron chi connectivity index (χ0n) is 12.4. The summed E-state index contributed by atoms with van der Waals surface area (Å²) in [6.45, 7) is 0.188. The van der Waals surface area contributed by atoms with Gasteiger partial charge < -0.3 is 9.47 Å². The zero-order chi connectivity index (χ0) is 17.2. The number of para-hydroxylation sites is 2. The number of benzene rings is 2. The summed E-state index contributed by atoms with van der Waals surface area (Å²) >= 11 is 0. The Labute approximate surface area is 138 Å². The maximum Gasteiger partial charge on any atom is 0.270 e. The predicted octanol–water partition coefficient (Wildman–Crippen LogP) is 1.71. The standard InChI is InChI=1S/C15H14N2O6S/c18-17(19)11-4-3-5-13(8-11)24(20,21)16-9-12-10-22-14-6-1-2-7-15(14)23-12/h1-8,12,16H,9-10H2. The van der Waals surface area contributed by atoms with E-state index in [0.717, 1.165) is 6.07 Å². The first-order chi connectivity index (χ1) is 11.5. The van der Waals surface area contributed by atoms with E-state index >= 15 is 0 Å². The summed E-state index contributed by atoms with van der Waals surface area (Å²) in [7, 11) is -3.88. The third-order valence-electron chi connectivity index (χ3n) is 3.41. The van der Waals surface area contributed by atoms with Crippen molar-refractivity contribution in [3.05, 3.63) is 58.6 Å². The van der Waals surface area contributed by atoms with Crippen LogP contribution in [0.25, 0.3) is 0 Å². The van der Waals surface area contributed by atoms with Gasteiger partial charge in [0.05, 0.1) is 16.4 Å². The molecule has 1 N–H and O–H groups in total. The number of hydrogen-bond donors (Lipinski definition) is 1. The fraction of sp³-hybridized carbons (Fsp3) is 0.200. The summed E-state index contributed by atoms with van der Waals surface area (Å²) in [5, 5.41) is 10.8. The first-order valence-corrected chi connectivity index (χ1v) is 8.56. The van der Waals surface area contributed by atoms with Crippen molar-refractivity contribution in [1.82, 2.24) is 4.72 Å². The Morgan fingerprint density at radius 1 is 1.17 bits per heavy atom. The fourth-order valence-corrected chi connectivity index (χ4v) is 3.32. The number of rotatable bonds is 5. The van der Waals surface area contributed by atoms with Crippen LogP contribution in [0, 0.1) is 10.1 Å². The monoisotopic (exact) mass is 350 g/mol. The van der Waals surface area contributed by atoms with Crippen LogP contribution in [-0.2, 0) is 10.0 Å². The second-order valence-corrected chi connectivity index (χ2v) is 6.87. The smallest absolute Gasteiger partial charge is 0.270 e. The van der Waals surface area contributed by atoms with E-state index in [2.05, 4.69) is 4.72 Å². The minimum atomic E-state index is -3.88. The maximum atomic E-state index is 12.3. The highest BCUT2D eigenvalue weighted by molar-refractivity contribution is 7.89. The molecule has 0 radical (unpaired) electrons. The maximum absolute atomic E-state index is 12.3. The Morgan fingerprint density at radius 2 is 1.92 bits per heavy atom. The third kappa shape index (κ3) is 3.47. The Balaban J connectivity index is 1.68. The molecule has 1 aliphatic rings. The van der Waals surface area contributed by atoms with Crippen LogP contribution in [-0.4, -0.2) is 32.6 Å². The number of nitro groups is 1. The molecule has 0 aromatic heterocycles. The quantitative estimate of drug-likeness (QED) is 0.650. The fourth-order valence-electron chi connectivity index (χ4n) is 2.21. The van der Waals surface area contributed by atoms with E-state index in [4.69, 9.17) is 9.47 Å². The summed E-state index contributed by atoms with van der Waals surface area (Å²) in [6.07, 6.45) is -0.492. The van der Waals surface area contributed by atoms with Crippen molar-refractivity contribution >= 4 is 15.7 Å². The molecule has 3 rings (SSSR count). The molecule has 1 heterocycles. The molecule has 8 nitrogen and oxygen atoms in total. The van der Waals surface area contributed by atoms with E-state index in [0.29, 0.717) is 11.5 Å². The molecule has 1 unspecified atom stereocenters. The molecule has 2 aromatic rings.